The van der Waals surface area contributed by atoms with Gasteiger partial charge in [-0.05, 0) is 32.0 Å². The third-order valence-electron chi connectivity index (χ3n) is 7.79. The molecule has 2 aromatic carbocycles. The molecule has 39 heavy (non-hydrogen) atoms. The van der Waals surface area contributed by atoms with Crippen LogP contribution in [0.5, 0.6) is 17.2 Å². The number of aromatic nitrogens is 1. The van der Waals surface area contributed by atoms with E-state index < -0.39 is 14.0 Å². The summed E-state index contributed by atoms with van der Waals surface area (Å²) in [7, 11) is 0.975. The van der Waals surface area contributed by atoms with Crippen LogP contribution in [0.2, 0.25) is 18.1 Å². The van der Waals surface area contributed by atoms with Crippen LogP contribution in [0, 0.1) is 0 Å². The van der Waals surface area contributed by atoms with Gasteiger partial charge in [0, 0.05) is 42.3 Å². The Morgan fingerprint density at radius 1 is 0.872 bits per heavy atom. The number of carbonyl (C=O) groups is 2. The van der Waals surface area contributed by atoms with E-state index in [4.69, 9.17) is 14.2 Å². The number of nitrogens with zero attached hydrogens (tertiary/aromatic N) is 2. The Morgan fingerprint density at radius 3 is 2.03 bits per heavy atom. The van der Waals surface area contributed by atoms with Gasteiger partial charge in [0.1, 0.15) is 17.2 Å². The molecule has 0 N–H and O–H groups in total. The van der Waals surface area contributed by atoms with E-state index in [2.05, 4.69) is 25.8 Å². The molecule has 1 aromatic heterocycles. The van der Waals surface area contributed by atoms with E-state index in [1.165, 1.54) is 0 Å². The summed E-state index contributed by atoms with van der Waals surface area (Å²) >= 11 is 0. The smallest absolute Gasteiger partial charge is 0.343 e. The van der Waals surface area contributed by atoms with Crippen molar-refractivity contribution in [2.45, 2.75) is 52.8 Å². The molecule has 0 spiro atoms. The Labute approximate surface area is 233 Å². The first-order valence-corrected chi connectivity index (χ1v) is 16.3. The molecule has 208 valence electrons. The molecule has 1 amide bonds. The topological polar surface area (TPSA) is 78.0 Å². The van der Waals surface area contributed by atoms with E-state index in [0.717, 1.165) is 23.3 Å². The Balaban J connectivity index is 2.47. The SMILES string of the molecule is CCN(CC)C(=O)c1cnccc1-c1c(OC)cc(OC)c([Si](CC)(CC)CC)c1OC(=O)c1ccccc1. The molecule has 7 nitrogen and oxygen atoms in total. The number of rotatable bonds is 12. The standard InChI is InChI=1S/C31H40N2O5Si/c1-8-33(9-2)30(34)24-21-32-19-18-23(24)27-25(36-6)20-26(37-7)29(39(10-3,11-4)12-5)28(27)38-31(35)22-16-14-13-15-17-22/h13-21H,8-12H2,1-7H3. The first-order chi connectivity index (χ1) is 18.9. The summed E-state index contributed by atoms with van der Waals surface area (Å²) in [4.78, 5) is 33.3. The summed E-state index contributed by atoms with van der Waals surface area (Å²) < 4.78 is 18.2. The number of pyridine rings is 1. The lowest BCUT2D eigenvalue weighted by atomic mass is 9.98. The van der Waals surface area contributed by atoms with E-state index in [-0.39, 0.29) is 5.91 Å². The van der Waals surface area contributed by atoms with E-state index in [9.17, 15) is 9.59 Å². The van der Waals surface area contributed by atoms with Crippen LogP contribution in [0.4, 0.5) is 0 Å². The highest BCUT2D eigenvalue weighted by Gasteiger charge is 2.39. The monoisotopic (exact) mass is 548 g/mol. The molecule has 8 heteroatoms. The first kappa shape index (κ1) is 29.9. The van der Waals surface area contributed by atoms with Crippen LogP contribution in [0.15, 0.2) is 54.9 Å². The fourth-order valence-electron chi connectivity index (χ4n) is 5.26. The van der Waals surface area contributed by atoms with Crippen molar-refractivity contribution >= 4 is 25.1 Å². The Kier molecular flexibility index (Phi) is 10.3. The molecule has 0 unspecified atom stereocenters. The highest BCUT2D eigenvalue weighted by Crippen LogP contribution is 2.45. The largest absolute Gasteiger partial charge is 0.497 e. The van der Waals surface area contributed by atoms with Gasteiger partial charge in [-0.2, -0.15) is 0 Å². The van der Waals surface area contributed by atoms with Gasteiger partial charge in [-0.3, -0.25) is 9.78 Å². The molecule has 0 aliphatic carbocycles. The molecule has 3 aromatic rings. The zero-order chi connectivity index (χ0) is 28.6. The van der Waals surface area contributed by atoms with Gasteiger partial charge in [-0.1, -0.05) is 57.1 Å². The average Bonchev–Trinajstić information content (AvgIpc) is 2.99. The summed E-state index contributed by atoms with van der Waals surface area (Å²) in [5.74, 6) is 0.863. The van der Waals surface area contributed by atoms with Crippen molar-refractivity contribution in [3.05, 3.63) is 66.0 Å². The number of carbonyl (C=O) groups excluding carboxylic acids is 2. The highest BCUT2D eigenvalue weighted by molar-refractivity contribution is 6.93. The van der Waals surface area contributed by atoms with E-state index in [1.54, 1.807) is 61.8 Å². The molecule has 0 radical (unpaired) electrons. The lowest BCUT2D eigenvalue weighted by Crippen LogP contribution is -2.47. The van der Waals surface area contributed by atoms with E-state index in [1.807, 2.05) is 26.0 Å². The zero-order valence-electron chi connectivity index (χ0n) is 24.2. The molecule has 0 saturated carbocycles. The maximum atomic E-state index is 13.7. The van der Waals surface area contributed by atoms with Crippen LogP contribution in [0.3, 0.4) is 0 Å². The lowest BCUT2D eigenvalue weighted by molar-refractivity contribution is 0.0735. The molecule has 1 heterocycles. The quantitative estimate of drug-likeness (QED) is 0.153. The summed E-state index contributed by atoms with van der Waals surface area (Å²) in [5, 5.41) is 0.927. The van der Waals surface area contributed by atoms with Crippen LogP contribution in [-0.2, 0) is 0 Å². The van der Waals surface area contributed by atoms with Crippen LogP contribution < -0.4 is 19.4 Å². The van der Waals surface area contributed by atoms with Gasteiger partial charge in [0.25, 0.3) is 5.91 Å². The van der Waals surface area contributed by atoms with Crippen molar-refractivity contribution in [3.8, 4) is 28.4 Å². The number of benzene rings is 2. The maximum Gasteiger partial charge on any atom is 0.343 e. The number of hydrogen-bond acceptors (Lipinski definition) is 6. The third-order valence-corrected chi connectivity index (χ3v) is 13.4. The van der Waals surface area contributed by atoms with Crippen molar-refractivity contribution in [1.82, 2.24) is 9.88 Å². The van der Waals surface area contributed by atoms with Gasteiger partial charge in [-0.15, -0.1) is 0 Å². The second kappa shape index (κ2) is 13.4. The Hall–Kier alpha value is -3.65. The Morgan fingerprint density at radius 2 is 1.49 bits per heavy atom. The van der Waals surface area contributed by atoms with Crippen LogP contribution in [0.1, 0.15) is 55.3 Å². The van der Waals surface area contributed by atoms with Crippen molar-refractivity contribution in [3.63, 3.8) is 0 Å². The molecule has 0 fully saturated rings. The third kappa shape index (κ3) is 5.85. The van der Waals surface area contributed by atoms with E-state index in [0.29, 0.717) is 52.6 Å². The fourth-order valence-corrected chi connectivity index (χ4v) is 9.18. The molecule has 0 bridgehead atoms. The average molecular weight is 549 g/mol. The Bertz CT molecular complexity index is 1280. The highest BCUT2D eigenvalue weighted by atomic mass is 28.3. The van der Waals surface area contributed by atoms with Gasteiger partial charge >= 0.3 is 5.97 Å². The van der Waals surface area contributed by atoms with Gasteiger partial charge in [0.2, 0.25) is 0 Å². The van der Waals surface area contributed by atoms with Crippen LogP contribution >= 0.6 is 0 Å². The van der Waals surface area contributed by atoms with Crippen molar-refractivity contribution in [1.29, 1.82) is 0 Å². The van der Waals surface area contributed by atoms with Gasteiger partial charge in [0.15, 0.2) is 0 Å². The fraction of sp³-hybridized carbons (Fsp3) is 0.387. The number of ether oxygens (including phenoxy) is 3. The number of esters is 1. The number of hydrogen-bond donors (Lipinski definition) is 0. The molecular weight excluding hydrogens is 508 g/mol. The molecule has 0 saturated heterocycles. The van der Waals surface area contributed by atoms with Crippen molar-refractivity contribution in [2.75, 3.05) is 27.3 Å². The minimum Gasteiger partial charge on any atom is -0.497 e. The minimum atomic E-state index is -2.22. The normalized spacial score (nSPS) is 11.2. The summed E-state index contributed by atoms with van der Waals surface area (Å²) in [6.45, 7) is 11.6. The molecular formula is C31H40N2O5Si. The summed E-state index contributed by atoms with van der Waals surface area (Å²) in [5.41, 5.74) is 2.01. The summed E-state index contributed by atoms with van der Waals surface area (Å²) in [6, 6.07) is 15.4. The predicted molar refractivity (Wildman–Crippen MR) is 158 cm³/mol. The van der Waals surface area contributed by atoms with Gasteiger partial charge in [-0.25, -0.2) is 4.79 Å². The number of amides is 1. The molecule has 0 atom stereocenters. The zero-order valence-corrected chi connectivity index (χ0v) is 25.2. The maximum absolute atomic E-state index is 13.7. The predicted octanol–water partition coefficient (Wildman–Crippen LogP) is 6.18. The van der Waals surface area contributed by atoms with Crippen LogP contribution in [-0.4, -0.2) is 57.1 Å². The summed E-state index contributed by atoms with van der Waals surface area (Å²) in [6.07, 6.45) is 3.22. The molecule has 0 aliphatic rings. The van der Waals surface area contributed by atoms with Gasteiger partial charge < -0.3 is 19.1 Å². The minimum absolute atomic E-state index is 0.146. The van der Waals surface area contributed by atoms with Crippen molar-refractivity contribution in [2.24, 2.45) is 0 Å². The first-order valence-electron chi connectivity index (χ1n) is 13.7. The van der Waals surface area contributed by atoms with Crippen LogP contribution in [0.25, 0.3) is 11.1 Å². The molecule has 3 rings (SSSR count). The molecule has 0 aliphatic heterocycles. The van der Waals surface area contributed by atoms with Crippen molar-refractivity contribution < 1.29 is 23.8 Å². The van der Waals surface area contributed by atoms with Gasteiger partial charge in [0.05, 0.1) is 39.0 Å². The second-order valence-corrected chi connectivity index (χ2v) is 14.5. The lowest BCUT2D eigenvalue weighted by Gasteiger charge is -2.33. The number of methoxy groups -OCH3 is 2. The second-order valence-electron chi connectivity index (χ2n) is 9.36. The van der Waals surface area contributed by atoms with E-state index >= 15 is 0 Å².